The lowest BCUT2D eigenvalue weighted by atomic mass is 10.2. The minimum atomic E-state index is -0.308. The number of halogens is 1. The number of anilines is 1. The van der Waals surface area contributed by atoms with E-state index >= 15 is 0 Å². The fourth-order valence-corrected chi connectivity index (χ4v) is 3.26. The van der Waals surface area contributed by atoms with Gasteiger partial charge in [-0.25, -0.2) is 0 Å². The summed E-state index contributed by atoms with van der Waals surface area (Å²) in [6.07, 6.45) is 0. The van der Waals surface area contributed by atoms with Crippen molar-refractivity contribution in [3.8, 4) is 11.5 Å². The number of nitrogens with zero attached hydrogens (tertiary/aromatic N) is 2. The van der Waals surface area contributed by atoms with Gasteiger partial charge in [-0.05, 0) is 49.6 Å². The van der Waals surface area contributed by atoms with E-state index in [0.29, 0.717) is 46.1 Å². The highest BCUT2D eigenvalue weighted by atomic mass is 35.5. The first kappa shape index (κ1) is 20.0. The number of rotatable bonds is 6. The van der Waals surface area contributed by atoms with Crippen LogP contribution in [-0.2, 0) is 6.54 Å². The Balaban J connectivity index is 1.85. The van der Waals surface area contributed by atoms with Gasteiger partial charge in [0.05, 0.1) is 16.9 Å². The summed E-state index contributed by atoms with van der Waals surface area (Å²) in [6.45, 7) is 8.59. The molecule has 0 unspecified atom stereocenters. The van der Waals surface area contributed by atoms with Gasteiger partial charge in [0.15, 0.2) is 5.75 Å². The van der Waals surface area contributed by atoms with Gasteiger partial charge in [-0.1, -0.05) is 49.7 Å². The summed E-state index contributed by atoms with van der Waals surface area (Å²) in [4.78, 5) is 12.9. The molecule has 1 aromatic heterocycles. The predicted molar refractivity (Wildman–Crippen MR) is 112 cm³/mol. The SMILES string of the molecule is Cc1cccc(Oc2ccccc2NC(=O)c2c(C)nn(CC(C)C)c2Cl)c1. The number of nitrogens with one attached hydrogen (secondary N) is 1. The summed E-state index contributed by atoms with van der Waals surface area (Å²) in [7, 11) is 0. The molecule has 1 heterocycles. The van der Waals surface area contributed by atoms with Gasteiger partial charge in [-0.15, -0.1) is 0 Å². The number of aromatic nitrogens is 2. The van der Waals surface area contributed by atoms with Crippen LogP contribution in [-0.4, -0.2) is 15.7 Å². The molecule has 0 radical (unpaired) electrons. The first-order valence-electron chi connectivity index (χ1n) is 9.23. The van der Waals surface area contributed by atoms with Crippen molar-refractivity contribution in [2.75, 3.05) is 5.32 Å². The topological polar surface area (TPSA) is 56.1 Å². The number of carbonyl (C=O) groups is 1. The molecule has 0 aliphatic carbocycles. The van der Waals surface area contributed by atoms with Crippen LogP contribution in [0.3, 0.4) is 0 Å². The molecule has 0 fully saturated rings. The number of carbonyl (C=O) groups excluding carboxylic acids is 1. The Hall–Kier alpha value is -2.79. The average Bonchev–Trinajstić information content (AvgIpc) is 2.89. The lowest BCUT2D eigenvalue weighted by Gasteiger charge is -2.12. The highest BCUT2D eigenvalue weighted by Crippen LogP contribution is 2.31. The van der Waals surface area contributed by atoms with E-state index in [9.17, 15) is 4.79 Å². The maximum atomic E-state index is 12.9. The second kappa shape index (κ2) is 8.48. The van der Waals surface area contributed by atoms with Crippen LogP contribution in [0.2, 0.25) is 5.15 Å². The Kier molecular flexibility index (Phi) is 6.05. The molecule has 2 aromatic carbocycles. The Labute approximate surface area is 170 Å². The molecule has 6 heteroatoms. The predicted octanol–water partition coefficient (Wildman–Crippen LogP) is 5.85. The molecule has 5 nitrogen and oxygen atoms in total. The fourth-order valence-electron chi connectivity index (χ4n) is 2.93. The van der Waals surface area contributed by atoms with Crippen LogP contribution in [0.1, 0.15) is 35.5 Å². The number of hydrogen-bond acceptors (Lipinski definition) is 3. The monoisotopic (exact) mass is 397 g/mol. The highest BCUT2D eigenvalue weighted by Gasteiger charge is 2.21. The zero-order chi connectivity index (χ0) is 20.3. The van der Waals surface area contributed by atoms with Gasteiger partial charge in [0.25, 0.3) is 5.91 Å². The largest absolute Gasteiger partial charge is 0.455 e. The summed E-state index contributed by atoms with van der Waals surface area (Å²) < 4.78 is 7.65. The zero-order valence-corrected chi connectivity index (χ0v) is 17.2. The molecule has 0 aliphatic rings. The Morgan fingerprint density at radius 3 is 2.64 bits per heavy atom. The molecular formula is C22H24ClN3O2. The normalized spacial score (nSPS) is 10.9. The molecule has 0 spiro atoms. The Morgan fingerprint density at radius 1 is 1.18 bits per heavy atom. The number of hydrogen-bond donors (Lipinski definition) is 1. The van der Waals surface area contributed by atoms with Gasteiger partial charge in [0.2, 0.25) is 0 Å². The summed E-state index contributed by atoms with van der Waals surface area (Å²) in [5, 5.41) is 7.66. The van der Waals surface area contributed by atoms with Crippen molar-refractivity contribution >= 4 is 23.2 Å². The van der Waals surface area contributed by atoms with Crippen LogP contribution in [0.5, 0.6) is 11.5 Å². The molecule has 146 valence electrons. The van der Waals surface area contributed by atoms with E-state index in [0.717, 1.165) is 5.56 Å². The second-order valence-corrected chi connectivity index (χ2v) is 7.55. The van der Waals surface area contributed by atoms with Gasteiger partial charge in [-0.2, -0.15) is 5.10 Å². The van der Waals surface area contributed by atoms with E-state index < -0.39 is 0 Å². The third-order valence-corrected chi connectivity index (χ3v) is 4.57. The zero-order valence-electron chi connectivity index (χ0n) is 16.5. The van der Waals surface area contributed by atoms with Gasteiger partial charge in [0, 0.05) is 6.54 Å². The number of aryl methyl sites for hydroxylation is 2. The van der Waals surface area contributed by atoms with E-state index in [1.54, 1.807) is 17.7 Å². The lowest BCUT2D eigenvalue weighted by Crippen LogP contribution is -2.14. The standard InChI is InChI=1S/C22H24ClN3O2/c1-14(2)13-26-21(23)20(16(4)25-26)22(27)24-18-10-5-6-11-19(18)28-17-9-7-8-15(3)12-17/h5-12,14H,13H2,1-4H3,(H,24,27). The Bertz CT molecular complexity index is 995. The Morgan fingerprint density at radius 2 is 1.93 bits per heavy atom. The second-order valence-electron chi connectivity index (χ2n) is 7.20. The van der Waals surface area contributed by atoms with Crippen molar-refractivity contribution in [2.24, 2.45) is 5.92 Å². The lowest BCUT2D eigenvalue weighted by molar-refractivity contribution is 0.102. The molecule has 3 rings (SSSR count). The third-order valence-electron chi connectivity index (χ3n) is 4.18. The van der Waals surface area contributed by atoms with E-state index in [1.807, 2.05) is 49.4 Å². The van der Waals surface area contributed by atoms with Crippen molar-refractivity contribution in [2.45, 2.75) is 34.2 Å². The van der Waals surface area contributed by atoms with Crippen LogP contribution < -0.4 is 10.1 Å². The molecule has 28 heavy (non-hydrogen) atoms. The van der Waals surface area contributed by atoms with E-state index in [2.05, 4.69) is 24.3 Å². The third kappa shape index (κ3) is 4.54. The smallest absolute Gasteiger partial charge is 0.260 e. The molecule has 1 N–H and O–H groups in total. The molecule has 0 saturated carbocycles. The minimum absolute atomic E-state index is 0.308. The first-order chi connectivity index (χ1) is 13.3. The van der Waals surface area contributed by atoms with Gasteiger partial charge >= 0.3 is 0 Å². The van der Waals surface area contributed by atoms with Crippen molar-refractivity contribution in [3.05, 3.63) is 70.5 Å². The molecule has 0 aliphatic heterocycles. The van der Waals surface area contributed by atoms with Gasteiger partial charge < -0.3 is 10.1 Å². The number of amides is 1. The summed E-state index contributed by atoms with van der Waals surface area (Å²) in [5.41, 5.74) is 2.65. The molecule has 0 saturated heterocycles. The summed E-state index contributed by atoms with van der Waals surface area (Å²) >= 11 is 6.43. The van der Waals surface area contributed by atoms with Gasteiger partial charge in [-0.3, -0.25) is 9.48 Å². The quantitative estimate of drug-likeness (QED) is 0.567. The minimum Gasteiger partial charge on any atom is -0.455 e. The first-order valence-corrected chi connectivity index (χ1v) is 9.60. The van der Waals surface area contributed by atoms with Crippen molar-refractivity contribution < 1.29 is 9.53 Å². The van der Waals surface area contributed by atoms with Crippen LogP contribution in [0.15, 0.2) is 48.5 Å². The van der Waals surface area contributed by atoms with Crippen LogP contribution in [0, 0.1) is 19.8 Å². The number of para-hydroxylation sites is 2. The molecule has 3 aromatic rings. The number of ether oxygens (including phenoxy) is 1. The maximum absolute atomic E-state index is 12.9. The van der Waals surface area contributed by atoms with Gasteiger partial charge in [0.1, 0.15) is 10.9 Å². The molecule has 0 atom stereocenters. The molecule has 0 bridgehead atoms. The fraction of sp³-hybridized carbons (Fsp3) is 0.273. The van der Waals surface area contributed by atoms with Crippen molar-refractivity contribution in [1.82, 2.24) is 9.78 Å². The van der Waals surface area contributed by atoms with Crippen molar-refractivity contribution in [1.29, 1.82) is 0 Å². The molecular weight excluding hydrogens is 374 g/mol. The summed E-state index contributed by atoms with van der Waals surface area (Å²) in [5.74, 6) is 1.33. The van der Waals surface area contributed by atoms with E-state index in [-0.39, 0.29) is 5.91 Å². The van der Waals surface area contributed by atoms with Crippen LogP contribution in [0.25, 0.3) is 0 Å². The van der Waals surface area contributed by atoms with E-state index in [1.165, 1.54) is 0 Å². The van der Waals surface area contributed by atoms with E-state index in [4.69, 9.17) is 16.3 Å². The molecule has 1 amide bonds. The van der Waals surface area contributed by atoms with Crippen LogP contribution in [0.4, 0.5) is 5.69 Å². The number of benzene rings is 2. The summed E-state index contributed by atoms with van der Waals surface area (Å²) in [6, 6.07) is 15.1. The highest BCUT2D eigenvalue weighted by molar-refractivity contribution is 6.33. The van der Waals surface area contributed by atoms with Crippen molar-refractivity contribution in [3.63, 3.8) is 0 Å². The van der Waals surface area contributed by atoms with Crippen LogP contribution >= 0.6 is 11.6 Å². The average molecular weight is 398 g/mol. The maximum Gasteiger partial charge on any atom is 0.260 e.